The van der Waals surface area contributed by atoms with E-state index in [1.165, 1.54) is 10.7 Å². The molecule has 104 valence electrons. The summed E-state index contributed by atoms with van der Waals surface area (Å²) in [4.78, 5) is 11.9. The van der Waals surface area contributed by atoms with Gasteiger partial charge in [-0.2, -0.15) is 0 Å². The highest BCUT2D eigenvalue weighted by molar-refractivity contribution is 5.58. The predicted molar refractivity (Wildman–Crippen MR) is 85.9 cm³/mol. The van der Waals surface area contributed by atoms with Crippen LogP contribution < -0.4 is 16.3 Å². The second-order valence-corrected chi connectivity index (χ2v) is 4.59. The summed E-state index contributed by atoms with van der Waals surface area (Å²) in [6, 6.07) is 22.7. The lowest BCUT2D eigenvalue weighted by Crippen LogP contribution is -2.25. The zero-order valence-electron chi connectivity index (χ0n) is 11.4. The van der Waals surface area contributed by atoms with Crippen LogP contribution in [0.2, 0.25) is 0 Å². The lowest BCUT2D eigenvalue weighted by atomic mass is 10.3. The van der Waals surface area contributed by atoms with E-state index < -0.39 is 0 Å². The molecule has 2 N–H and O–H groups in total. The smallest absolute Gasteiger partial charge is 0.269 e. The van der Waals surface area contributed by atoms with Crippen LogP contribution in [-0.2, 0) is 0 Å². The molecule has 0 aliphatic carbocycles. The molecule has 0 amide bonds. The number of aromatic nitrogens is 1. The molecule has 3 rings (SSSR count). The van der Waals surface area contributed by atoms with Gasteiger partial charge in [-0.15, -0.1) is 0 Å². The Kier molecular flexibility index (Phi) is 3.69. The van der Waals surface area contributed by atoms with Gasteiger partial charge in [-0.05, 0) is 30.3 Å². The van der Waals surface area contributed by atoms with Crippen LogP contribution in [-0.4, -0.2) is 4.68 Å². The molecule has 3 aromatic rings. The number of nitrogens with one attached hydrogen (secondary N) is 2. The van der Waals surface area contributed by atoms with E-state index in [4.69, 9.17) is 0 Å². The van der Waals surface area contributed by atoms with Crippen LogP contribution in [0.1, 0.15) is 0 Å². The zero-order chi connectivity index (χ0) is 14.5. The number of para-hydroxylation sites is 2. The highest BCUT2D eigenvalue weighted by atomic mass is 16.1. The van der Waals surface area contributed by atoms with Crippen molar-refractivity contribution < 1.29 is 0 Å². The molecule has 0 spiro atoms. The first-order valence-electron chi connectivity index (χ1n) is 6.68. The number of benzene rings is 2. The van der Waals surface area contributed by atoms with Crippen molar-refractivity contribution >= 4 is 17.1 Å². The highest BCUT2D eigenvalue weighted by Crippen LogP contribution is 2.14. The lowest BCUT2D eigenvalue weighted by molar-refractivity contribution is 0.901. The number of hydrogen-bond donors (Lipinski definition) is 2. The Bertz CT molecular complexity index is 767. The molecule has 1 aromatic heterocycles. The number of rotatable bonds is 4. The minimum Gasteiger partial charge on any atom is -0.354 e. The fourth-order valence-electron chi connectivity index (χ4n) is 1.99. The van der Waals surface area contributed by atoms with Crippen molar-refractivity contribution in [3.63, 3.8) is 0 Å². The van der Waals surface area contributed by atoms with Crippen molar-refractivity contribution in [2.45, 2.75) is 0 Å². The molecular weight excluding hydrogens is 262 g/mol. The lowest BCUT2D eigenvalue weighted by Gasteiger charge is -2.12. The Balaban J connectivity index is 1.85. The third-order valence-corrected chi connectivity index (χ3v) is 3.00. The molecule has 0 aliphatic rings. The van der Waals surface area contributed by atoms with E-state index in [0.29, 0.717) is 0 Å². The average molecular weight is 277 g/mol. The number of anilines is 3. The molecule has 0 saturated carbocycles. The van der Waals surface area contributed by atoms with Crippen molar-refractivity contribution in [2.75, 3.05) is 10.7 Å². The maximum Gasteiger partial charge on any atom is 0.269 e. The van der Waals surface area contributed by atoms with Gasteiger partial charge in [0.2, 0.25) is 0 Å². The van der Waals surface area contributed by atoms with Crippen LogP contribution in [0.3, 0.4) is 0 Å². The van der Waals surface area contributed by atoms with Crippen molar-refractivity contribution in [3.05, 3.63) is 89.3 Å². The number of hydrogen-bond acceptors (Lipinski definition) is 3. The van der Waals surface area contributed by atoms with Crippen LogP contribution in [0.25, 0.3) is 0 Å². The van der Waals surface area contributed by atoms with Crippen LogP contribution in [0.5, 0.6) is 0 Å². The van der Waals surface area contributed by atoms with Gasteiger partial charge in [-0.1, -0.05) is 36.4 Å². The summed E-state index contributed by atoms with van der Waals surface area (Å²) >= 11 is 0. The second kappa shape index (κ2) is 5.96. The van der Waals surface area contributed by atoms with Crippen molar-refractivity contribution in [2.24, 2.45) is 0 Å². The van der Waals surface area contributed by atoms with Crippen molar-refractivity contribution in [3.8, 4) is 0 Å². The topological polar surface area (TPSA) is 46.1 Å². The first kappa shape index (κ1) is 13.0. The van der Waals surface area contributed by atoms with Gasteiger partial charge in [0.25, 0.3) is 5.56 Å². The van der Waals surface area contributed by atoms with Gasteiger partial charge in [0.15, 0.2) is 0 Å². The standard InChI is InChI=1S/C17H15N3O/c21-17-12-11-16(18-14-7-3-1-4-8-14)13-20(17)19-15-9-5-2-6-10-15/h1-13,18-19H. The minimum absolute atomic E-state index is 0.113. The number of nitrogens with zero attached hydrogens (tertiary/aromatic N) is 1. The quantitative estimate of drug-likeness (QED) is 0.767. The first-order chi connectivity index (χ1) is 10.3. The molecule has 21 heavy (non-hydrogen) atoms. The number of pyridine rings is 1. The molecule has 0 radical (unpaired) electrons. The fraction of sp³-hybridized carbons (Fsp3) is 0. The van der Waals surface area contributed by atoms with Crippen LogP contribution in [0, 0.1) is 0 Å². The van der Waals surface area contributed by atoms with Gasteiger partial charge in [0.1, 0.15) is 0 Å². The van der Waals surface area contributed by atoms with Gasteiger partial charge in [-0.25, -0.2) is 4.68 Å². The normalized spacial score (nSPS) is 10.1. The SMILES string of the molecule is O=c1ccc(Nc2ccccc2)cn1Nc1ccccc1. The Labute approximate surface area is 122 Å². The van der Waals surface area contributed by atoms with E-state index in [9.17, 15) is 4.79 Å². The molecule has 0 atom stereocenters. The van der Waals surface area contributed by atoms with Crippen LogP contribution in [0.4, 0.5) is 17.1 Å². The summed E-state index contributed by atoms with van der Waals surface area (Å²) in [7, 11) is 0. The zero-order valence-corrected chi connectivity index (χ0v) is 11.4. The van der Waals surface area contributed by atoms with Gasteiger partial charge in [0, 0.05) is 11.8 Å². The maximum absolute atomic E-state index is 11.9. The molecule has 1 heterocycles. The molecule has 4 nitrogen and oxygen atoms in total. The molecular formula is C17H15N3O. The average Bonchev–Trinajstić information content (AvgIpc) is 2.53. The van der Waals surface area contributed by atoms with Crippen molar-refractivity contribution in [1.82, 2.24) is 4.68 Å². The van der Waals surface area contributed by atoms with Gasteiger partial charge in [-0.3, -0.25) is 10.2 Å². The molecule has 0 saturated heterocycles. The molecule has 0 bridgehead atoms. The third kappa shape index (κ3) is 3.30. The molecule has 0 fully saturated rings. The Morgan fingerprint density at radius 2 is 1.29 bits per heavy atom. The highest BCUT2D eigenvalue weighted by Gasteiger charge is 1.99. The molecule has 4 heteroatoms. The Hall–Kier alpha value is -3.01. The minimum atomic E-state index is -0.113. The van der Waals surface area contributed by atoms with Gasteiger partial charge >= 0.3 is 0 Å². The van der Waals surface area contributed by atoms with Gasteiger partial charge in [0.05, 0.1) is 17.6 Å². The molecule has 0 unspecified atom stereocenters. The summed E-state index contributed by atoms with van der Waals surface area (Å²) in [6.07, 6.45) is 1.74. The molecule has 2 aromatic carbocycles. The summed E-state index contributed by atoms with van der Waals surface area (Å²) in [6.45, 7) is 0. The molecule has 0 aliphatic heterocycles. The van der Waals surface area contributed by atoms with E-state index in [1.54, 1.807) is 12.3 Å². The summed E-state index contributed by atoms with van der Waals surface area (Å²) in [5.41, 5.74) is 5.62. The van der Waals surface area contributed by atoms with Crippen LogP contribution in [0.15, 0.2) is 83.8 Å². The van der Waals surface area contributed by atoms with E-state index >= 15 is 0 Å². The van der Waals surface area contributed by atoms with E-state index in [-0.39, 0.29) is 5.56 Å². The third-order valence-electron chi connectivity index (χ3n) is 3.00. The van der Waals surface area contributed by atoms with Gasteiger partial charge < -0.3 is 5.32 Å². The second-order valence-electron chi connectivity index (χ2n) is 4.59. The summed E-state index contributed by atoms with van der Waals surface area (Å²) in [5, 5.41) is 3.26. The van der Waals surface area contributed by atoms with E-state index in [2.05, 4.69) is 10.7 Å². The Morgan fingerprint density at radius 1 is 0.667 bits per heavy atom. The van der Waals surface area contributed by atoms with E-state index in [1.807, 2.05) is 60.7 Å². The maximum atomic E-state index is 11.9. The predicted octanol–water partition coefficient (Wildman–Crippen LogP) is 3.47. The fourth-order valence-corrected chi connectivity index (χ4v) is 1.99. The first-order valence-corrected chi connectivity index (χ1v) is 6.68. The van der Waals surface area contributed by atoms with E-state index in [0.717, 1.165) is 17.1 Å². The van der Waals surface area contributed by atoms with Crippen molar-refractivity contribution in [1.29, 1.82) is 0 Å². The van der Waals surface area contributed by atoms with Crippen LogP contribution >= 0.6 is 0 Å². The largest absolute Gasteiger partial charge is 0.354 e. The Morgan fingerprint density at radius 3 is 1.95 bits per heavy atom. The summed E-state index contributed by atoms with van der Waals surface area (Å²) in [5.74, 6) is 0. The monoisotopic (exact) mass is 277 g/mol. The summed E-state index contributed by atoms with van der Waals surface area (Å²) < 4.78 is 1.46.